The number of thiophene rings is 1. The summed E-state index contributed by atoms with van der Waals surface area (Å²) in [7, 11) is 3.05. The van der Waals surface area contributed by atoms with Gasteiger partial charge < -0.3 is 28.8 Å². The third-order valence-electron chi connectivity index (χ3n) is 6.69. The van der Waals surface area contributed by atoms with E-state index < -0.39 is 5.91 Å². The van der Waals surface area contributed by atoms with E-state index in [0.29, 0.717) is 64.3 Å². The first-order chi connectivity index (χ1) is 19.9. The Morgan fingerprint density at radius 2 is 1.93 bits per heavy atom. The Morgan fingerprint density at radius 1 is 1.10 bits per heavy atom. The largest absolute Gasteiger partial charge is 0.491 e. The molecular formula is C30H26N4O6S. The van der Waals surface area contributed by atoms with Crippen molar-refractivity contribution in [1.29, 1.82) is 0 Å². The van der Waals surface area contributed by atoms with Gasteiger partial charge in [0.05, 0.1) is 44.2 Å². The predicted molar refractivity (Wildman–Crippen MR) is 156 cm³/mol. The number of anilines is 1. The highest BCUT2D eigenvalue weighted by Gasteiger charge is 2.25. The number of pyridine rings is 3. The minimum Gasteiger partial charge on any atom is -0.491 e. The van der Waals surface area contributed by atoms with Gasteiger partial charge in [0.2, 0.25) is 5.43 Å². The second-order valence-corrected chi connectivity index (χ2v) is 10.3. The molecule has 0 radical (unpaired) electrons. The molecule has 1 amide bonds. The number of methoxy groups -OCH3 is 2. The van der Waals surface area contributed by atoms with E-state index in [4.69, 9.17) is 18.9 Å². The van der Waals surface area contributed by atoms with Crippen LogP contribution in [0.4, 0.5) is 5.69 Å². The van der Waals surface area contributed by atoms with Crippen molar-refractivity contribution in [2.75, 3.05) is 26.1 Å². The Balaban J connectivity index is 1.27. The Labute approximate surface area is 239 Å². The van der Waals surface area contributed by atoms with E-state index in [-0.39, 0.29) is 17.6 Å². The molecule has 41 heavy (non-hydrogen) atoms. The molecule has 4 aromatic heterocycles. The van der Waals surface area contributed by atoms with Crippen LogP contribution < -0.4 is 25.0 Å². The zero-order chi connectivity index (χ0) is 28.5. The molecule has 208 valence electrons. The number of hydrogen-bond donors (Lipinski definition) is 1. The van der Waals surface area contributed by atoms with Crippen LogP contribution in [0, 0.1) is 6.92 Å². The van der Waals surface area contributed by atoms with Gasteiger partial charge in [0, 0.05) is 41.6 Å². The van der Waals surface area contributed by atoms with Gasteiger partial charge in [-0.2, -0.15) is 0 Å². The third-order valence-corrected chi connectivity index (χ3v) is 7.77. The van der Waals surface area contributed by atoms with Crippen molar-refractivity contribution in [2.24, 2.45) is 0 Å². The van der Waals surface area contributed by atoms with Crippen LogP contribution in [-0.4, -0.2) is 41.3 Å². The standard InChI is InChI=1S/C30H26N4O6S/c1-17-12-25(41-16-17)20-14-34-10-11-39-15-22(34)26(28(20)35)29(36)32-18-4-6-19(7-5-18)40-23-8-9-31-21-13-24(37-2)30(38-3)33-27(21)23/h4-9,12-14,16H,10-11,15H2,1-3H3,(H,32,36). The van der Waals surface area contributed by atoms with Crippen LogP contribution in [0.1, 0.15) is 21.6 Å². The fourth-order valence-corrected chi connectivity index (χ4v) is 5.59. The van der Waals surface area contributed by atoms with Gasteiger partial charge in [-0.25, -0.2) is 4.98 Å². The van der Waals surface area contributed by atoms with Gasteiger partial charge in [0.15, 0.2) is 11.5 Å². The highest BCUT2D eigenvalue weighted by molar-refractivity contribution is 7.13. The number of amides is 1. The van der Waals surface area contributed by atoms with E-state index in [1.165, 1.54) is 25.6 Å². The Bertz CT molecular complexity index is 1830. The molecule has 0 atom stereocenters. The van der Waals surface area contributed by atoms with Crippen LogP contribution in [0.25, 0.3) is 21.5 Å². The summed E-state index contributed by atoms with van der Waals surface area (Å²) in [6.07, 6.45) is 3.45. The van der Waals surface area contributed by atoms with Gasteiger partial charge in [-0.3, -0.25) is 14.6 Å². The van der Waals surface area contributed by atoms with Crippen LogP contribution in [0.15, 0.2) is 65.0 Å². The van der Waals surface area contributed by atoms with Crippen LogP contribution >= 0.6 is 11.3 Å². The summed E-state index contributed by atoms with van der Waals surface area (Å²) in [5.41, 5.74) is 3.53. The number of hydrogen-bond acceptors (Lipinski definition) is 9. The molecule has 6 rings (SSSR count). The first-order valence-corrected chi connectivity index (χ1v) is 13.7. The summed E-state index contributed by atoms with van der Waals surface area (Å²) in [6.45, 7) is 3.26. The van der Waals surface area contributed by atoms with Crippen LogP contribution in [0.2, 0.25) is 0 Å². The van der Waals surface area contributed by atoms with Gasteiger partial charge in [-0.1, -0.05) is 0 Å². The second-order valence-electron chi connectivity index (χ2n) is 9.39. The minimum absolute atomic E-state index is 0.0901. The molecule has 0 saturated carbocycles. The lowest BCUT2D eigenvalue weighted by Gasteiger charge is -2.23. The van der Waals surface area contributed by atoms with Crippen molar-refractivity contribution >= 4 is 34.0 Å². The maximum atomic E-state index is 13.6. The molecule has 10 nitrogen and oxygen atoms in total. The Morgan fingerprint density at radius 3 is 2.66 bits per heavy atom. The van der Waals surface area contributed by atoms with E-state index in [1.807, 2.05) is 29.1 Å². The van der Waals surface area contributed by atoms with Crippen molar-refractivity contribution in [1.82, 2.24) is 14.5 Å². The van der Waals surface area contributed by atoms with E-state index in [0.717, 1.165) is 10.4 Å². The van der Waals surface area contributed by atoms with Gasteiger partial charge in [0.1, 0.15) is 16.8 Å². The van der Waals surface area contributed by atoms with Crippen molar-refractivity contribution in [3.63, 3.8) is 0 Å². The summed E-state index contributed by atoms with van der Waals surface area (Å²) in [4.78, 5) is 36.7. The maximum Gasteiger partial charge on any atom is 0.261 e. The van der Waals surface area contributed by atoms with E-state index in [2.05, 4.69) is 15.3 Å². The summed E-state index contributed by atoms with van der Waals surface area (Å²) >= 11 is 1.49. The molecule has 0 fully saturated rings. The number of nitrogens with one attached hydrogen (secondary N) is 1. The molecule has 1 aromatic carbocycles. The fourth-order valence-electron chi connectivity index (χ4n) is 4.68. The quantitative estimate of drug-likeness (QED) is 0.276. The average molecular weight is 571 g/mol. The van der Waals surface area contributed by atoms with E-state index >= 15 is 0 Å². The molecule has 1 aliphatic heterocycles. The monoisotopic (exact) mass is 570 g/mol. The zero-order valence-electron chi connectivity index (χ0n) is 22.6. The lowest BCUT2D eigenvalue weighted by molar-refractivity contribution is 0.0809. The summed E-state index contributed by atoms with van der Waals surface area (Å²) < 4.78 is 24.3. The van der Waals surface area contributed by atoms with Crippen molar-refractivity contribution in [2.45, 2.75) is 20.1 Å². The van der Waals surface area contributed by atoms with Gasteiger partial charge in [0.25, 0.3) is 11.8 Å². The van der Waals surface area contributed by atoms with Crippen molar-refractivity contribution in [3.8, 4) is 33.6 Å². The molecular weight excluding hydrogens is 544 g/mol. The molecule has 1 N–H and O–H groups in total. The fraction of sp³-hybridized carbons (Fsp3) is 0.200. The predicted octanol–water partition coefficient (Wildman–Crippen LogP) is 5.42. The topological polar surface area (TPSA) is 114 Å². The van der Waals surface area contributed by atoms with Crippen molar-refractivity contribution in [3.05, 3.63) is 87.3 Å². The van der Waals surface area contributed by atoms with E-state index in [9.17, 15) is 9.59 Å². The Hall–Kier alpha value is -4.74. The maximum absolute atomic E-state index is 13.6. The number of aryl methyl sites for hydroxylation is 1. The lowest BCUT2D eigenvalue weighted by Crippen LogP contribution is -2.31. The van der Waals surface area contributed by atoms with Crippen LogP contribution in [0.3, 0.4) is 0 Å². The second kappa shape index (κ2) is 11.0. The highest BCUT2D eigenvalue weighted by Crippen LogP contribution is 2.34. The first-order valence-electron chi connectivity index (χ1n) is 12.8. The number of rotatable bonds is 7. The molecule has 0 aliphatic carbocycles. The number of benzene rings is 1. The molecule has 11 heteroatoms. The van der Waals surface area contributed by atoms with E-state index in [1.54, 1.807) is 42.6 Å². The first kappa shape index (κ1) is 26.5. The lowest BCUT2D eigenvalue weighted by atomic mass is 10.1. The summed E-state index contributed by atoms with van der Waals surface area (Å²) in [6, 6.07) is 12.3. The van der Waals surface area contributed by atoms with Crippen LogP contribution in [0.5, 0.6) is 23.1 Å². The highest BCUT2D eigenvalue weighted by atomic mass is 32.1. The molecule has 0 saturated heterocycles. The van der Waals surface area contributed by atoms with Gasteiger partial charge in [-0.05, 0) is 48.2 Å². The molecule has 0 unspecified atom stereocenters. The minimum atomic E-state index is -0.488. The summed E-state index contributed by atoms with van der Waals surface area (Å²) in [5, 5.41) is 4.86. The SMILES string of the molecule is COc1cc2nccc(Oc3ccc(NC(=O)c4c5n(cc(-c6cc(C)cs6)c4=O)CCOC5)cc3)c2nc1OC. The normalized spacial score (nSPS) is 12.6. The number of aromatic nitrogens is 3. The molecule has 0 spiro atoms. The van der Waals surface area contributed by atoms with Gasteiger partial charge >= 0.3 is 0 Å². The average Bonchev–Trinajstić information content (AvgIpc) is 3.43. The molecule has 5 aromatic rings. The number of carbonyl (C=O) groups excluding carboxylic acids is 1. The van der Waals surface area contributed by atoms with Crippen LogP contribution in [-0.2, 0) is 17.9 Å². The smallest absolute Gasteiger partial charge is 0.261 e. The number of carbonyl (C=O) groups is 1. The number of fused-ring (bicyclic) bond motifs is 2. The Kier molecular flexibility index (Phi) is 7.12. The zero-order valence-corrected chi connectivity index (χ0v) is 23.4. The molecule has 5 heterocycles. The molecule has 0 bridgehead atoms. The third kappa shape index (κ3) is 5.12. The molecule has 1 aliphatic rings. The number of ether oxygens (including phenoxy) is 4. The number of nitrogens with zero attached hydrogens (tertiary/aromatic N) is 3. The summed E-state index contributed by atoms with van der Waals surface area (Å²) in [5.74, 6) is 1.30. The van der Waals surface area contributed by atoms with Gasteiger partial charge in [-0.15, -0.1) is 11.3 Å². The van der Waals surface area contributed by atoms with Crippen molar-refractivity contribution < 1.29 is 23.7 Å².